The van der Waals surface area contributed by atoms with E-state index in [9.17, 15) is 18.5 Å². The van der Waals surface area contributed by atoms with Gasteiger partial charge in [-0.1, -0.05) is 19.8 Å². The van der Waals surface area contributed by atoms with Crippen LogP contribution in [0.1, 0.15) is 32.6 Å². The zero-order valence-electron chi connectivity index (χ0n) is 11.8. The maximum absolute atomic E-state index is 12.3. The van der Waals surface area contributed by atoms with Crippen LogP contribution in [0.25, 0.3) is 0 Å². The summed E-state index contributed by atoms with van der Waals surface area (Å²) < 4.78 is 27.3. The molecule has 1 aliphatic rings. The van der Waals surface area contributed by atoms with E-state index in [-0.39, 0.29) is 22.3 Å². The number of nitrogens with zero attached hydrogens (tertiary/aromatic N) is 1. The third-order valence-electron chi connectivity index (χ3n) is 3.75. The minimum atomic E-state index is -3.75. The van der Waals surface area contributed by atoms with Gasteiger partial charge in [0.1, 0.15) is 4.90 Å². The van der Waals surface area contributed by atoms with E-state index in [4.69, 9.17) is 5.73 Å². The molecule has 0 spiro atoms. The maximum atomic E-state index is 12.3. The van der Waals surface area contributed by atoms with Gasteiger partial charge in [-0.3, -0.25) is 10.1 Å². The Kier molecular flexibility index (Phi) is 4.48. The van der Waals surface area contributed by atoms with Gasteiger partial charge in [0.25, 0.3) is 5.69 Å². The largest absolute Gasteiger partial charge is 0.397 e. The van der Waals surface area contributed by atoms with Gasteiger partial charge in [-0.05, 0) is 24.8 Å². The topological polar surface area (TPSA) is 115 Å². The first-order chi connectivity index (χ1) is 9.79. The number of non-ortho nitro benzene ring substituents is 1. The highest BCUT2D eigenvalue weighted by atomic mass is 32.2. The fourth-order valence-corrected chi connectivity index (χ4v) is 4.11. The molecule has 7 nitrogen and oxygen atoms in total. The molecule has 1 saturated carbocycles. The fraction of sp³-hybridized carbons (Fsp3) is 0.538. The zero-order chi connectivity index (χ0) is 15.6. The molecule has 8 heteroatoms. The molecule has 1 aliphatic carbocycles. The zero-order valence-corrected chi connectivity index (χ0v) is 12.6. The second-order valence-corrected chi connectivity index (χ2v) is 7.25. The number of rotatable bonds is 4. The van der Waals surface area contributed by atoms with Crippen molar-refractivity contribution in [2.75, 3.05) is 5.73 Å². The Labute approximate surface area is 123 Å². The summed E-state index contributed by atoms with van der Waals surface area (Å²) >= 11 is 0. The molecule has 0 aliphatic heterocycles. The van der Waals surface area contributed by atoms with E-state index in [2.05, 4.69) is 11.6 Å². The molecule has 1 aromatic carbocycles. The lowest BCUT2D eigenvalue weighted by atomic mass is 9.88. The molecule has 21 heavy (non-hydrogen) atoms. The third-order valence-corrected chi connectivity index (χ3v) is 5.35. The van der Waals surface area contributed by atoms with Crippen LogP contribution < -0.4 is 10.5 Å². The van der Waals surface area contributed by atoms with E-state index in [1.54, 1.807) is 0 Å². The van der Waals surface area contributed by atoms with Crippen molar-refractivity contribution >= 4 is 21.4 Å². The van der Waals surface area contributed by atoms with Crippen molar-refractivity contribution in [2.24, 2.45) is 5.92 Å². The van der Waals surface area contributed by atoms with Crippen LogP contribution in [0.15, 0.2) is 23.1 Å². The Morgan fingerprint density at radius 1 is 1.38 bits per heavy atom. The molecule has 0 radical (unpaired) electrons. The molecule has 2 atom stereocenters. The highest BCUT2D eigenvalue weighted by molar-refractivity contribution is 7.89. The first-order valence-electron chi connectivity index (χ1n) is 6.86. The smallest absolute Gasteiger partial charge is 0.271 e. The monoisotopic (exact) mass is 313 g/mol. The van der Waals surface area contributed by atoms with Crippen LogP contribution in [0.3, 0.4) is 0 Å². The Hall–Kier alpha value is -1.67. The van der Waals surface area contributed by atoms with Gasteiger partial charge >= 0.3 is 0 Å². The average molecular weight is 313 g/mol. The number of nitrogen functional groups attached to an aromatic ring is 1. The van der Waals surface area contributed by atoms with Gasteiger partial charge in [0.15, 0.2) is 0 Å². The van der Waals surface area contributed by atoms with E-state index in [1.807, 2.05) is 0 Å². The average Bonchev–Trinajstić information content (AvgIpc) is 2.37. The normalized spacial score (nSPS) is 22.9. The van der Waals surface area contributed by atoms with E-state index in [1.165, 1.54) is 6.07 Å². The van der Waals surface area contributed by atoms with Crippen molar-refractivity contribution in [2.45, 2.75) is 43.5 Å². The number of hydrogen-bond donors (Lipinski definition) is 2. The number of anilines is 1. The van der Waals surface area contributed by atoms with Crippen molar-refractivity contribution in [1.82, 2.24) is 4.72 Å². The third kappa shape index (κ3) is 3.70. The summed E-state index contributed by atoms with van der Waals surface area (Å²) in [7, 11) is -3.75. The lowest BCUT2D eigenvalue weighted by molar-refractivity contribution is -0.384. The summed E-state index contributed by atoms with van der Waals surface area (Å²) in [5.41, 5.74) is 5.32. The molecule has 0 amide bonds. The van der Waals surface area contributed by atoms with Crippen LogP contribution in [0, 0.1) is 16.0 Å². The molecule has 2 unspecified atom stereocenters. The van der Waals surface area contributed by atoms with Crippen molar-refractivity contribution in [3.63, 3.8) is 0 Å². The standard InChI is InChI=1S/C13H19N3O4S/c1-9-3-2-4-10(7-9)15-21(19,20)13-6-5-11(16(17)18)8-12(13)14/h5-6,8-10,15H,2-4,7,14H2,1H3. The van der Waals surface area contributed by atoms with Gasteiger partial charge in [0.2, 0.25) is 10.0 Å². The summed E-state index contributed by atoms with van der Waals surface area (Å²) in [5.74, 6) is 0.487. The molecule has 1 aromatic rings. The van der Waals surface area contributed by atoms with E-state index in [0.29, 0.717) is 5.92 Å². The summed E-state index contributed by atoms with van der Waals surface area (Å²) in [6, 6.07) is 3.29. The molecule has 2 rings (SSSR count). The minimum Gasteiger partial charge on any atom is -0.397 e. The van der Waals surface area contributed by atoms with Crippen LogP contribution in [-0.4, -0.2) is 19.4 Å². The number of hydrogen-bond acceptors (Lipinski definition) is 5. The minimum absolute atomic E-state index is 0.103. The highest BCUT2D eigenvalue weighted by Gasteiger charge is 2.26. The fourth-order valence-electron chi connectivity index (χ4n) is 2.72. The number of nitrogens with two attached hydrogens (primary N) is 1. The molecule has 1 fully saturated rings. The molecule has 0 bridgehead atoms. The van der Waals surface area contributed by atoms with Crippen LogP contribution in [0.2, 0.25) is 0 Å². The first-order valence-corrected chi connectivity index (χ1v) is 8.34. The van der Waals surface area contributed by atoms with Gasteiger partial charge in [-0.15, -0.1) is 0 Å². The van der Waals surface area contributed by atoms with Crippen molar-refractivity contribution in [3.05, 3.63) is 28.3 Å². The van der Waals surface area contributed by atoms with Crippen LogP contribution in [0.4, 0.5) is 11.4 Å². The van der Waals surface area contributed by atoms with Crippen LogP contribution >= 0.6 is 0 Å². The number of benzene rings is 1. The van der Waals surface area contributed by atoms with Gasteiger partial charge in [-0.25, -0.2) is 13.1 Å². The summed E-state index contributed by atoms with van der Waals surface area (Å²) in [6.07, 6.45) is 3.70. The molecular formula is C13H19N3O4S. The Morgan fingerprint density at radius 2 is 2.10 bits per heavy atom. The molecule has 0 saturated heterocycles. The van der Waals surface area contributed by atoms with E-state index in [0.717, 1.165) is 37.8 Å². The SMILES string of the molecule is CC1CCCC(NS(=O)(=O)c2ccc([N+](=O)[O-])cc2N)C1. The lowest BCUT2D eigenvalue weighted by Crippen LogP contribution is -2.38. The van der Waals surface area contributed by atoms with Gasteiger partial charge in [-0.2, -0.15) is 0 Å². The van der Waals surface area contributed by atoms with Gasteiger partial charge in [0, 0.05) is 18.2 Å². The summed E-state index contributed by atoms with van der Waals surface area (Å²) in [5, 5.41) is 10.7. The number of sulfonamides is 1. The van der Waals surface area contributed by atoms with Crippen LogP contribution in [-0.2, 0) is 10.0 Å². The molecule has 0 aromatic heterocycles. The molecule has 3 N–H and O–H groups in total. The number of nitro benzene ring substituents is 1. The van der Waals surface area contributed by atoms with E-state index < -0.39 is 14.9 Å². The summed E-state index contributed by atoms with van der Waals surface area (Å²) in [6.45, 7) is 2.10. The molecule has 0 heterocycles. The Morgan fingerprint density at radius 3 is 2.67 bits per heavy atom. The Balaban J connectivity index is 2.21. The lowest BCUT2D eigenvalue weighted by Gasteiger charge is -2.27. The highest BCUT2D eigenvalue weighted by Crippen LogP contribution is 2.27. The second kappa shape index (κ2) is 5.98. The van der Waals surface area contributed by atoms with E-state index >= 15 is 0 Å². The van der Waals surface area contributed by atoms with Crippen molar-refractivity contribution in [1.29, 1.82) is 0 Å². The predicted molar refractivity (Wildman–Crippen MR) is 79.3 cm³/mol. The molecule has 116 valence electrons. The Bertz CT molecular complexity index is 645. The van der Waals surface area contributed by atoms with Crippen molar-refractivity contribution < 1.29 is 13.3 Å². The van der Waals surface area contributed by atoms with Crippen molar-refractivity contribution in [3.8, 4) is 0 Å². The maximum Gasteiger partial charge on any atom is 0.271 e. The van der Waals surface area contributed by atoms with Crippen LogP contribution in [0.5, 0.6) is 0 Å². The van der Waals surface area contributed by atoms with Gasteiger partial charge in [0.05, 0.1) is 10.6 Å². The number of nitro groups is 1. The predicted octanol–water partition coefficient (Wildman–Crippen LogP) is 2.03. The second-order valence-electron chi connectivity index (χ2n) is 5.57. The first kappa shape index (κ1) is 15.7. The summed E-state index contributed by atoms with van der Waals surface area (Å²) in [4.78, 5) is 9.94. The quantitative estimate of drug-likeness (QED) is 0.501. The van der Waals surface area contributed by atoms with Gasteiger partial charge < -0.3 is 5.73 Å². The number of nitrogens with one attached hydrogen (secondary N) is 1. The molecular weight excluding hydrogens is 294 g/mol.